The van der Waals surface area contributed by atoms with Gasteiger partial charge in [-0.3, -0.25) is 14.5 Å². The van der Waals surface area contributed by atoms with Crippen molar-refractivity contribution in [2.45, 2.75) is 6.92 Å². The maximum atomic E-state index is 12.9. The van der Waals surface area contributed by atoms with E-state index in [2.05, 4.69) is 39.0 Å². The fourth-order valence-corrected chi connectivity index (χ4v) is 5.82. The number of ether oxygens (including phenoxy) is 1. The molecule has 7 heterocycles. The van der Waals surface area contributed by atoms with Crippen molar-refractivity contribution in [1.82, 2.24) is 24.3 Å². The molecule has 0 amide bonds. The van der Waals surface area contributed by atoms with Crippen LogP contribution in [0.3, 0.4) is 0 Å². The van der Waals surface area contributed by atoms with Gasteiger partial charge >= 0.3 is 0 Å². The molecule has 4 aromatic rings. The number of hydrogen-bond donors (Lipinski definition) is 0. The van der Waals surface area contributed by atoms with Gasteiger partial charge in [-0.25, -0.2) is 4.98 Å². The Balaban J connectivity index is 1.38. The standard InChI is InChI=1S/C27H30N8O2/c1-17-7-19-21(33(4)26(17)36)9-24(34-13-27(14-34)15-37-16-27)30-25(19)35-6-5-31(2)22-8-20(28-11-23(22)35)18-10-29-32(3)12-18/h7-12H,5-6,13-16H2,1-4H3. The summed E-state index contributed by atoms with van der Waals surface area (Å²) in [4.78, 5) is 29.7. The van der Waals surface area contributed by atoms with Crippen LogP contribution in [0.25, 0.3) is 22.2 Å². The molecule has 3 aliphatic heterocycles. The van der Waals surface area contributed by atoms with E-state index in [0.29, 0.717) is 5.56 Å². The van der Waals surface area contributed by atoms with Gasteiger partial charge < -0.3 is 24.0 Å². The van der Waals surface area contributed by atoms with Gasteiger partial charge in [-0.15, -0.1) is 0 Å². The summed E-state index contributed by atoms with van der Waals surface area (Å²) in [5.74, 6) is 1.77. The summed E-state index contributed by atoms with van der Waals surface area (Å²) < 4.78 is 9.02. The SMILES string of the molecule is Cc1cc2c(N3CCN(C)c4cc(-c5cnn(C)c5)ncc43)nc(N3CC4(COC4)C3)cc2n(C)c1=O. The molecule has 190 valence electrons. The number of anilines is 4. The molecule has 2 fully saturated rings. The van der Waals surface area contributed by atoms with E-state index in [-0.39, 0.29) is 11.0 Å². The second-order valence-corrected chi connectivity index (χ2v) is 10.8. The van der Waals surface area contributed by atoms with Crippen LogP contribution in [0, 0.1) is 12.3 Å². The average Bonchev–Trinajstić information content (AvgIpc) is 3.27. The van der Waals surface area contributed by atoms with Crippen LogP contribution in [0.4, 0.5) is 23.0 Å². The average molecular weight is 499 g/mol. The van der Waals surface area contributed by atoms with Crippen molar-refractivity contribution in [2.24, 2.45) is 19.5 Å². The zero-order valence-corrected chi connectivity index (χ0v) is 21.6. The zero-order chi connectivity index (χ0) is 25.5. The van der Waals surface area contributed by atoms with E-state index in [0.717, 1.165) is 84.6 Å². The van der Waals surface area contributed by atoms with Crippen LogP contribution in [-0.4, -0.2) is 70.8 Å². The number of likely N-dealkylation sites (N-methyl/N-ethyl adjacent to an activating group) is 1. The second-order valence-electron chi connectivity index (χ2n) is 10.8. The molecule has 7 rings (SSSR count). The molecule has 0 N–H and O–H groups in total. The number of nitrogens with zero attached hydrogens (tertiary/aromatic N) is 8. The summed E-state index contributed by atoms with van der Waals surface area (Å²) in [6.07, 6.45) is 5.75. The van der Waals surface area contributed by atoms with Gasteiger partial charge in [0.1, 0.15) is 11.6 Å². The number of fused-ring (bicyclic) bond motifs is 2. The van der Waals surface area contributed by atoms with E-state index in [1.807, 2.05) is 45.7 Å². The molecule has 0 radical (unpaired) electrons. The highest BCUT2D eigenvalue weighted by Crippen LogP contribution is 2.44. The summed E-state index contributed by atoms with van der Waals surface area (Å²) in [6.45, 7) is 6.97. The van der Waals surface area contributed by atoms with Gasteiger partial charge in [-0.1, -0.05) is 0 Å². The van der Waals surface area contributed by atoms with Gasteiger partial charge in [-0.05, 0) is 19.1 Å². The molecule has 3 aliphatic rings. The lowest BCUT2D eigenvalue weighted by atomic mass is 9.78. The highest BCUT2D eigenvalue weighted by Gasteiger charge is 2.49. The Morgan fingerprint density at radius 1 is 1.00 bits per heavy atom. The summed E-state index contributed by atoms with van der Waals surface area (Å²) >= 11 is 0. The van der Waals surface area contributed by atoms with Crippen molar-refractivity contribution in [3.05, 3.63) is 52.7 Å². The predicted molar refractivity (Wildman–Crippen MR) is 144 cm³/mol. The Bertz CT molecular complexity index is 1610. The molecule has 0 aliphatic carbocycles. The second kappa shape index (κ2) is 7.79. The summed E-state index contributed by atoms with van der Waals surface area (Å²) in [7, 11) is 5.87. The molecule has 37 heavy (non-hydrogen) atoms. The van der Waals surface area contributed by atoms with Gasteiger partial charge in [0.25, 0.3) is 5.56 Å². The third-order valence-electron chi connectivity index (χ3n) is 8.04. The lowest BCUT2D eigenvalue weighted by molar-refractivity contribution is -0.127. The van der Waals surface area contributed by atoms with Crippen molar-refractivity contribution >= 4 is 33.9 Å². The molecule has 1 spiro atoms. The maximum absolute atomic E-state index is 12.9. The maximum Gasteiger partial charge on any atom is 0.253 e. The molecule has 10 nitrogen and oxygen atoms in total. The Hall–Kier alpha value is -3.92. The lowest BCUT2D eigenvalue weighted by Crippen LogP contribution is -2.66. The van der Waals surface area contributed by atoms with Crippen molar-refractivity contribution < 1.29 is 4.74 Å². The smallest absolute Gasteiger partial charge is 0.253 e. The minimum absolute atomic E-state index is 0.0182. The number of rotatable bonds is 3. The van der Waals surface area contributed by atoms with Crippen molar-refractivity contribution in [2.75, 3.05) is 61.1 Å². The quantitative estimate of drug-likeness (QED) is 0.426. The number of pyridine rings is 3. The molecule has 4 aromatic heterocycles. The van der Waals surface area contributed by atoms with Crippen LogP contribution >= 0.6 is 0 Å². The van der Waals surface area contributed by atoms with E-state index >= 15 is 0 Å². The van der Waals surface area contributed by atoms with Crippen molar-refractivity contribution in [3.8, 4) is 11.3 Å². The summed E-state index contributed by atoms with van der Waals surface area (Å²) in [6, 6.07) is 6.17. The lowest BCUT2D eigenvalue weighted by Gasteiger charge is -2.55. The van der Waals surface area contributed by atoms with E-state index in [9.17, 15) is 4.79 Å². The number of aryl methyl sites for hydroxylation is 3. The minimum Gasteiger partial charge on any atom is -0.380 e. The van der Waals surface area contributed by atoms with Crippen LogP contribution in [0.1, 0.15) is 5.56 Å². The zero-order valence-electron chi connectivity index (χ0n) is 21.6. The van der Waals surface area contributed by atoms with Gasteiger partial charge in [0.05, 0.1) is 53.6 Å². The van der Waals surface area contributed by atoms with E-state index in [1.165, 1.54) is 0 Å². The summed E-state index contributed by atoms with van der Waals surface area (Å²) in [5.41, 5.74) is 5.86. The Kier molecular flexibility index (Phi) is 4.69. The van der Waals surface area contributed by atoms with Gasteiger partial charge in [0.15, 0.2) is 0 Å². The molecule has 0 bridgehead atoms. The molecule has 0 saturated carbocycles. The first-order valence-corrected chi connectivity index (χ1v) is 12.6. The fraction of sp³-hybridized carbons (Fsp3) is 0.407. The first kappa shape index (κ1) is 22.3. The van der Waals surface area contributed by atoms with E-state index in [4.69, 9.17) is 14.7 Å². The molecular weight excluding hydrogens is 468 g/mol. The first-order valence-electron chi connectivity index (χ1n) is 12.6. The topological polar surface area (TPSA) is 84.5 Å². The van der Waals surface area contributed by atoms with E-state index < -0.39 is 0 Å². The Morgan fingerprint density at radius 2 is 1.81 bits per heavy atom. The highest BCUT2D eigenvalue weighted by atomic mass is 16.5. The predicted octanol–water partition coefficient (Wildman–Crippen LogP) is 2.46. The highest BCUT2D eigenvalue weighted by molar-refractivity contribution is 5.96. The van der Waals surface area contributed by atoms with Crippen LogP contribution in [-0.2, 0) is 18.8 Å². The monoisotopic (exact) mass is 498 g/mol. The fourth-order valence-electron chi connectivity index (χ4n) is 5.82. The van der Waals surface area contributed by atoms with Gasteiger partial charge in [0, 0.05) is 76.1 Å². The number of hydrogen-bond acceptors (Lipinski definition) is 8. The Morgan fingerprint density at radius 3 is 2.51 bits per heavy atom. The van der Waals surface area contributed by atoms with Gasteiger partial charge in [0.2, 0.25) is 0 Å². The number of aromatic nitrogens is 5. The van der Waals surface area contributed by atoms with Crippen LogP contribution in [0.2, 0.25) is 0 Å². The molecule has 2 saturated heterocycles. The molecule has 0 unspecified atom stereocenters. The minimum atomic E-state index is 0.0182. The third kappa shape index (κ3) is 3.35. The van der Waals surface area contributed by atoms with Crippen LogP contribution < -0.4 is 20.3 Å². The van der Waals surface area contributed by atoms with Crippen LogP contribution in [0.5, 0.6) is 0 Å². The molecule has 0 atom stereocenters. The van der Waals surface area contributed by atoms with Gasteiger partial charge in [-0.2, -0.15) is 5.10 Å². The van der Waals surface area contributed by atoms with Crippen molar-refractivity contribution in [1.29, 1.82) is 0 Å². The molecular formula is C27H30N8O2. The summed E-state index contributed by atoms with van der Waals surface area (Å²) in [5, 5.41) is 5.28. The van der Waals surface area contributed by atoms with Crippen LogP contribution in [0.15, 0.2) is 41.6 Å². The molecule has 0 aromatic carbocycles. The Labute approximate surface area is 214 Å². The largest absolute Gasteiger partial charge is 0.380 e. The van der Waals surface area contributed by atoms with Crippen molar-refractivity contribution in [3.63, 3.8) is 0 Å². The third-order valence-corrected chi connectivity index (χ3v) is 8.04. The van der Waals surface area contributed by atoms with E-state index in [1.54, 1.807) is 9.25 Å². The molecule has 10 heteroatoms. The first-order chi connectivity index (χ1) is 17.8. The normalized spacial score (nSPS) is 18.2.